The van der Waals surface area contributed by atoms with Crippen LogP contribution in [0.25, 0.3) is 0 Å². The number of amides is 1. The molecule has 1 amide bonds. The SMILES string of the molecule is CCC(CC)(CC)NC(=O)C1COCC1NC. The molecule has 4 heteroatoms. The fraction of sp³-hybridized carbons (Fsp3) is 0.923. The first-order valence-electron chi connectivity index (χ1n) is 6.69. The largest absolute Gasteiger partial charge is 0.379 e. The molecule has 0 aromatic rings. The summed E-state index contributed by atoms with van der Waals surface area (Å²) in [5.74, 6) is 0.0800. The molecule has 17 heavy (non-hydrogen) atoms. The highest BCUT2D eigenvalue weighted by atomic mass is 16.5. The lowest BCUT2D eigenvalue weighted by Gasteiger charge is -2.33. The van der Waals surface area contributed by atoms with Crippen LogP contribution >= 0.6 is 0 Å². The minimum absolute atomic E-state index is 0.0437. The molecule has 1 saturated heterocycles. The van der Waals surface area contributed by atoms with Crippen molar-refractivity contribution in [1.82, 2.24) is 10.6 Å². The minimum Gasteiger partial charge on any atom is -0.379 e. The molecule has 100 valence electrons. The number of ether oxygens (including phenoxy) is 1. The fourth-order valence-corrected chi connectivity index (χ4v) is 2.47. The van der Waals surface area contributed by atoms with E-state index in [1.54, 1.807) is 0 Å². The van der Waals surface area contributed by atoms with Crippen LogP contribution in [-0.2, 0) is 9.53 Å². The van der Waals surface area contributed by atoms with Crippen LogP contribution in [0.4, 0.5) is 0 Å². The van der Waals surface area contributed by atoms with Crippen molar-refractivity contribution < 1.29 is 9.53 Å². The standard InChI is InChI=1S/C13H26N2O2/c1-5-13(6-2,7-3)15-12(16)10-8-17-9-11(10)14-4/h10-11,14H,5-9H2,1-4H3,(H,15,16). The number of likely N-dealkylation sites (N-methyl/N-ethyl adjacent to an activating group) is 1. The van der Waals surface area contributed by atoms with Crippen molar-refractivity contribution in [2.45, 2.75) is 51.6 Å². The smallest absolute Gasteiger partial charge is 0.227 e. The molecule has 0 spiro atoms. The zero-order valence-corrected chi connectivity index (χ0v) is 11.5. The highest BCUT2D eigenvalue weighted by molar-refractivity contribution is 5.80. The lowest BCUT2D eigenvalue weighted by atomic mass is 9.88. The Balaban J connectivity index is 2.64. The van der Waals surface area contributed by atoms with Gasteiger partial charge in [-0.05, 0) is 26.3 Å². The maximum Gasteiger partial charge on any atom is 0.227 e. The molecule has 1 aliphatic heterocycles. The lowest BCUT2D eigenvalue weighted by Crippen LogP contribution is -2.52. The lowest BCUT2D eigenvalue weighted by molar-refractivity contribution is -0.127. The maximum atomic E-state index is 12.3. The van der Waals surface area contributed by atoms with Crippen molar-refractivity contribution in [3.63, 3.8) is 0 Å². The van der Waals surface area contributed by atoms with Gasteiger partial charge in [0.25, 0.3) is 0 Å². The maximum absolute atomic E-state index is 12.3. The van der Waals surface area contributed by atoms with Crippen molar-refractivity contribution in [1.29, 1.82) is 0 Å². The van der Waals surface area contributed by atoms with Gasteiger partial charge in [0.05, 0.1) is 19.1 Å². The van der Waals surface area contributed by atoms with E-state index in [2.05, 4.69) is 31.4 Å². The van der Waals surface area contributed by atoms with Gasteiger partial charge >= 0.3 is 0 Å². The van der Waals surface area contributed by atoms with Gasteiger partial charge in [-0.3, -0.25) is 4.79 Å². The van der Waals surface area contributed by atoms with Gasteiger partial charge in [0.15, 0.2) is 0 Å². The second-order valence-corrected chi connectivity index (χ2v) is 4.87. The summed E-state index contributed by atoms with van der Waals surface area (Å²) >= 11 is 0. The Morgan fingerprint density at radius 1 is 1.24 bits per heavy atom. The van der Waals surface area contributed by atoms with Gasteiger partial charge < -0.3 is 15.4 Å². The summed E-state index contributed by atoms with van der Waals surface area (Å²) in [5.41, 5.74) is -0.0437. The highest BCUT2D eigenvalue weighted by Gasteiger charge is 2.36. The first kappa shape index (κ1) is 14.5. The van der Waals surface area contributed by atoms with Gasteiger partial charge in [0.2, 0.25) is 5.91 Å². The van der Waals surface area contributed by atoms with E-state index in [0.29, 0.717) is 13.2 Å². The van der Waals surface area contributed by atoms with Crippen molar-refractivity contribution in [2.75, 3.05) is 20.3 Å². The Morgan fingerprint density at radius 2 is 1.82 bits per heavy atom. The third-order valence-corrected chi connectivity index (χ3v) is 4.21. The van der Waals surface area contributed by atoms with Crippen molar-refractivity contribution in [3.8, 4) is 0 Å². The molecule has 2 atom stereocenters. The summed E-state index contributed by atoms with van der Waals surface area (Å²) in [7, 11) is 1.88. The van der Waals surface area contributed by atoms with Crippen LogP contribution in [0, 0.1) is 5.92 Å². The number of nitrogens with one attached hydrogen (secondary N) is 2. The Hall–Kier alpha value is -0.610. The molecule has 0 aromatic carbocycles. The topological polar surface area (TPSA) is 50.4 Å². The molecule has 4 nitrogen and oxygen atoms in total. The molecule has 0 aliphatic carbocycles. The molecule has 1 fully saturated rings. The molecule has 1 heterocycles. The average molecular weight is 242 g/mol. The molecule has 0 bridgehead atoms. The summed E-state index contributed by atoms with van der Waals surface area (Å²) < 4.78 is 5.37. The Morgan fingerprint density at radius 3 is 2.29 bits per heavy atom. The van der Waals surface area contributed by atoms with Crippen molar-refractivity contribution >= 4 is 5.91 Å². The van der Waals surface area contributed by atoms with Crippen molar-refractivity contribution in [2.24, 2.45) is 5.92 Å². The van der Waals surface area contributed by atoms with Crippen LogP contribution in [0.15, 0.2) is 0 Å². The Bertz CT molecular complexity index is 244. The van der Waals surface area contributed by atoms with E-state index in [1.807, 2.05) is 7.05 Å². The molecule has 1 aliphatic rings. The third kappa shape index (κ3) is 3.19. The van der Waals surface area contributed by atoms with E-state index in [1.165, 1.54) is 0 Å². The molecule has 0 radical (unpaired) electrons. The van der Waals surface area contributed by atoms with Crippen LogP contribution < -0.4 is 10.6 Å². The van der Waals surface area contributed by atoms with E-state index >= 15 is 0 Å². The summed E-state index contributed by atoms with van der Waals surface area (Å²) in [5, 5.41) is 6.38. The van der Waals surface area contributed by atoms with Crippen LogP contribution in [0.2, 0.25) is 0 Å². The number of carbonyl (C=O) groups excluding carboxylic acids is 1. The first-order valence-corrected chi connectivity index (χ1v) is 6.69. The highest BCUT2D eigenvalue weighted by Crippen LogP contribution is 2.22. The van der Waals surface area contributed by atoms with Crippen LogP contribution in [0.3, 0.4) is 0 Å². The van der Waals surface area contributed by atoms with E-state index < -0.39 is 0 Å². The van der Waals surface area contributed by atoms with Gasteiger partial charge in [-0.25, -0.2) is 0 Å². The fourth-order valence-electron chi connectivity index (χ4n) is 2.47. The van der Waals surface area contributed by atoms with Gasteiger partial charge in [0, 0.05) is 11.6 Å². The summed E-state index contributed by atoms with van der Waals surface area (Å²) in [6.45, 7) is 7.56. The van der Waals surface area contributed by atoms with E-state index in [9.17, 15) is 4.79 Å². The summed E-state index contributed by atoms with van der Waals surface area (Å²) in [6.07, 6.45) is 2.93. The second-order valence-electron chi connectivity index (χ2n) is 4.87. The molecular weight excluding hydrogens is 216 g/mol. The van der Waals surface area contributed by atoms with Gasteiger partial charge in [-0.2, -0.15) is 0 Å². The number of hydrogen-bond acceptors (Lipinski definition) is 3. The third-order valence-electron chi connectivity index (χ3n) is 4.21. The van der Waals surface area contributed by atoms with Crippen LogP contribution in [0.1, 0.15) is 40.0 Å². The zero-order valence-electron chi connectivity index (χ0n) is 11.5. The monoisotopic (exact) mass is 242 g/mol. The normalized spacial score (nSPS) is 24.9. The van der Waals surface area contributed by atoms with Crippen LogP contribution in [-0.4, -0.2) is 37.7 Å². The summed E-state index contributed by atoms with van der Waals surface area (Å²) in [4.78, 5) is 12.3. The number of hydrogen-bond donors (Lipinski definition) is 2. The second kappa shape index (κ2) is 6.36. The summed E-state index contributed by atoms with van der Waals surface area (Å²) in [6, 6.07) is 0.151. The number of carbonyl (C=O) groups is 1. The van der Waals surface area contributed by atoms with Gasteiger partial charge in [-0.1, -0.05) is 20.8 Å². The van der Waals surface area contributed by atoms with E-state index in [0.717, 1.165) is 19.3 Å². The molecule has 2 N–H and O–H groups in total. The number of rotatable bonds is 6. The zero-order chi connectivity index (χ0) is 12.9. The average Bonchev–Trinajstić information content (AvgIpc) is 2.84. The van der Waals surface area contributed by atoms with Gasteiger partial charge in [-0.15, -0.1) is 0 Å². The van der Waals surface area contributed by atoms with E-state index in [-0.39, 0.29) is 23.4 Å². The first-order chi connectivity index (χ1) is 8.12. The molecule has 2 unspecified atom stereocenters. The van der Waals surface area contributed by atoms with Crippen LogP contribution in [0.5, 0.6) is 0 Å². The van der Waals surface area contributed by atoms with Gasteiger partial charge in [0.1, 0.15) is 0 Å². The molecular formula is C13H26N2O2. The predicted octanol–water partition coefficient (Wildman–Crippen LogP) is 1.31. The molecule has 1 rings (SSSR count). The Labute approximate surface area is 104 Å². The molecule has 0 saturated carbocycles. The minimum atomic E-state index is -0.0518. The Kier molecular flexibility index (Phi) is 5.40. The van der Waals surface area contributed by atoms with Crippen molar-refractivity contribution in [3.05, 3.63) is 0 Å². The quantitative estimate of drug-likeness (QED) is 0.738. The predicted molar refractivity (Wildman–Crippen MR) is 68.9 cm³/mol. The van der Waals surface area contributed by atoms with E-state index in [4.69, 9.17) is 4.74 Å². The molecule has 0 aromatic heterocycles.